The first-order valence-corrected chi connectivity index (χ1v) is 23.8. The van der Waals surface area contributed by atoms with Gasteiger partial charge in [0.1, 0.15) is 0 Å². The molecule has 0 aliphatic heterocycles. The molecule has 0 N–H and O–H groups in total. The number of allylic oxidation sites excluding steroid dienone is 1. The summed E-state index contributed by atoms with van der Waals surface area (Å²) < 4.78 is 20.0. The fraction of sp³-hybridized carbons (Fsp3) is 0.846. The lowest BCUT2D eigenvalue weighted by Crippen LogP contribution is -2.50. The highest BCUT2D eigenvalue weighted by atomic mass is 28.4. The van der Waals surface area contributed by atoms with Crippen molar-refractivity contribution in [2.45, 2.75) is 170 Å². The maximum Gasteiger partial charge on any atom is 0.311 e. The van der Waals surface area contributed by atoms with Gasteiger partial charge in [0, 0.05) is 18.4 Å². The highest BCUT2D eigenvalue weighted by molar-refractivity contribution is 6.74. The monoisotopic (exact) mass is 658 g/mol. The zero-order valence-corrected chi connectivity index (χ0v) is 34.0. The van der Waals surface area contributed by atoms with Crippen LogP contribution in [0.1, 0.15) is 121 Å². The lowest BCUT2D eigenvalue weighted by molar-refractivity contribution is -0.155. The molecule has 4 nitrogen and oxygen atoms in total. The van der Waals surface area contributed by atoms with Gasteiger partial charge in [-0.15, -0.1) is 5.73 Å². The Morgan fingerprint density at radius 3 is 2.11 bits per heavy atom. The van der Waals surface area contributed by atoms with Crippen molar-refractivity contribution in [3.63, 3.8) is 0 Å². The quantitative estimate of drug-likeness (QED) is 0.113. The van der Waals surface area contributed by atoms with Crippen molar-refractivity contribution in [3.05, 3.63) is 29.5 Å². The van der Waals surface area contributed by atoms with Crippen LogP contribution in [0.2, 0.25) is 36.3 Å². The van der Waals surface area contributed by atoms with Crippen LogP contribution in [0.3, 0.4) is 0 Å². The van der Waals surface area contributed by atoms with Crippen LogP contribution in [-0.4, -0.2) is 41.4 Å². The summed E-state index contributed by atoms with van der Waals surface area (Å²) in [5, 5.41) is 0.305. The van der Waals surface area contributed by atoms with E-state index in [1.54, 1.807) is 0 Å². The van der Waals surface area contributed by atoms with Gasteiger partial charge < -0.3 is 13.6 Å². The van der Waals surface area contributed by atoms with Gasteiger partial charge in [-0.3, -0.25) is 4.79 Å². The molecule has 6 heteroatoms. The molecular formula is C39H70O4Si2. The van der Waals surface area contributed by atoms with E-state index in [2.05, 4.69) is 100.0 Å². The number of ether oxygens (including phenoxy) is 1. The summed E-state index contributed by atoms with van der Waals surface area (Å²) in [4.78, 5) is 12.5. The van der Waals surface area contributed by atoms with Crippen LogP contribution >= 0.6 is 0 Å². The molecule has 0 spiro atoms. The van der Waals surface area contributed by atoms with E-state index in [1.165, 1.54) is 36.8 Å². The maximum absolute atomic E-state index is 12.5. The van der Waals surface area contributed by atoms with Crippen LogP contribution in [0.4, 0.5) is 0 Å². The Morgan fingerprint density at radius 1 is 0.978 bits per heavy atom. The molecule has 7 atom stereocenters. The topological polar surface area (TPSA) is 44.8 Å². The minimum absolute atomic E-state index is 0.0200. The number of fused-ring (bicyclic) bond motifs is 1. The molecule has 0 aromatic carbocycles. The van der Waals surface area contributed by atoms with Crippen molar-refractivity contribution < 1.29 is 18.4 Å². The summed E-state index contributed by atoms with van der Waals surface area (Å²) in [5.41, 5.74) is 6.40. The molecule has 45 heavy (non-hydrogen) atoms. The average Bonchev–Trinajstić information content (AvgIpc) is 3.23. The zero-order chi connectivity index (χ0) is 34.4. The molecule has 0 aromatic rings. The number of hydrogen-bond donors (Lipinski definition) is 0. The Labute approximate surface area is 280 Å². The summed E-state index contributed by atoms with van der Waals surface area (Å²) in [6.07, 6.45) is 10.4. The summed E-state index contributed by atoms with van der Waals surface area (Å²) in [6, 6.07) is 0. The minimum atomic E-state index is -1.99. The van der Waals surface area contributed by atoms with Gasteiger partial charge in [-0.1, -0.05) is 62.0 Å². The number of carbonyl (C=O) groups excluding carboxylic acids is 1. The largest absolute Gasteiger partial charge is 0.465 e. The van der Waals surface area contributed by atoms with Gasteiger partial charge in [0.2, 0.25) is 0 Å². The van der Waals surface area contributed by atoms with Crippen LogP contribution in [0.25, 0.3) is 0 Å². The van der Waals surface area contributed by atoms with Crippen LogP contribution in [-0.2, 0) is 18.4 Å². The number of hydrogen-bond acceptors (Lipinski definition) is 4. The molecule has 0 radical (unpaired) electrons. The normalized spacial score (nSPS) is 30.9. The Morgan fingerprint density at radius 2 is 1.56 bits per heavy atom. The van der Waals surface area contributed by atoms with E-state index in [0.29, 0.717) is 24.4 Å². The third-order valence-corrected chi connectivity index (χ3v) is 21.7. The third-order valence-electron chi connectivity index (χ3n) is 12.6. The van der Waals surface area contributed by atoms with Crippen LogP contribution in [0, 0.1) is 34.5 Å². The van der Waals surface area contributed by atoms with Crippen LogP contribution in [0.5, 0.6) is 0 Å². The molecule has 0 amide bonds. The summed E-state index contributed by atoms with van der Waals surface area (Å²) in [6.45, 7) is 39.2. The summed E-state index contributed by atoms with van der Waals surface area (Å²) in [5.74, 6) is 1.57. The first kappa shape index (κ1) is 38.5. The first-order chi connectivity index (χ1) is 20.3. The molecule has 3 saturated carbocycles. The number of esters is 1. The third kappa shape index (κ3) is 8.77. The van der Waals surface area contributed by atoms with Gasteiger partial charge in [0.15, 0.2) is 16.6 Å². The molecule has 2 unspecified atom stereocenters. The minimum Gasteiger partial charge on any atom is -0.465 e. The van der Waals surface area contributed by atoms with E-state index in [-0.39, 0.29) is 39.6 Å². The van der Waals surface area contributed by atoms with E-state index in [4.69, 9.17) is 13.6 Å². The van der Waals surface area contributed by atoms with E-state index in [1.807, 2.05) is 20.8 Å². The maximum atomic E-state index is 12.5. The predicted molar refractivity (Wildman–Crippen MR) is 195 cm³/mol. The molecule has 258 valence electrons. The summed E-state index contributed by atoms with van der Waals surface area (Å²) in [7, 11) is -3.93. The smallest absolute Gasteiger partial charge is 0.311 e. The van der Waals surface area contributed by atoms with E-state index >= 15 is 0 Å². The number of rotatable bonds is 8. The standard InChI is InChI=1S/C39H70O4Si2/c1-27(26-41-35(40)36(3,4)5)32-21-22-33-29(18-17-23-39(32,33)12)19-20-30-24-31(42-44(13,14)37(6,7)8)25-34(28(30)2)43-45(15,16)38(9,10)11/h20,27,30-34H,2,17-18,21-26H2,1,3-16H3/t19?,27-,30?,31-,32-,33?,34+,39-/m1/s1. The molecule has 3 aliphatic rings. The fourth-order valence-electron chi connectivity index (χ4n) is 7.57. The van der Waals surface area contributed by atoms with E-state index in [0.717, 1.165) is 19.3 Å². The van der Waals surface area contributed by atoms with Gasteiger partial charge in [-0.2, -0.15) is 0 Å². The van der Waals surface area contributed by atoms with E-state index < -0.39 is 22.0 Å². The second-order valence-corrected chi connectivity index (χ2v) is 28.8. The molecular weight excluding hydrogens is 589 g/mol. The fourth-order valence-corrected chi connectivity index (χ4v) is 10.3. The molecule has 0 aromatic heterocycles. The average molecular weight is 659 g/mol. The number of carbonyl (C=O) groups is 1. The highest BCUT2D eigenvalue weighted by Gasteiger charge is 2.51. The van der Waals surface area contributed by atoms with E-state index in [9.17, 15) is 4.79 Å². The van der Waals surface area contributed by atoms with Gasteiger partial charge in [0.25, 0.3) is 0 Å². The first-order valence-electron chi connectivity index (χ1n) is 18.0. The Kier molecular flexibility index (Phi) is 11.6. The molecule has 3 aliphatic carbocycles. The van der Waals surface area contributed by atoms with Gasteiger partial charge >= 0.3 is 5.97 Å². The second-order valence-electron chi connectivity index (χ2n) is 19.3. The Hall–Kier alpha value is -0.916. The zero-order valence-electron chi connectivity index (χ0n) is 32.0. The molecule has 3 fully saturated rings. The van der Waals surface area contributed by atoms with Crippen molar-refractivity contribution in [2.75, 3.05) is 6.61 Å². The van der Waals surface area contributed by atoms with Crippen molar-refractivity contribution in [1.82, 2.24) is 0 Å². The lowest BCUT2D eigenvalue weighted by atomic mass is 9.61. The molecule has 3 rings (SSSR count). The van der Waals surface area contributed by atoms with Crippen molar-refractivity contribution in [3.8, 4) is 0 Å². The van der Waals surface area contributed by atoms with Gasteiger partial charge in [0.05, 0.1) is 18.1 Å². The highest BCUT2D eigenvalue weighted by Crippen LogP contribution is 2.59. The summed E-state index contributed by atoms with van der Waals surface area (Å²) >= 11 is 0. The Balaban J connectivity index is 1.87. The van der Waals surface area contributed by atoms with Crippen LogP contribution in [0.15, 0.2) is 29.5 Å². The Bertz CT molecular complexity index is 1140. The van der Waals surface area contributed by atoms with Crippen molar-refractivity contribution in [2.24, 2.45) is 34.5 Å². The predicted octanol–water partition coefficient (Wildman–Crippen LogP) is 11.3. The molecule has 0 saturated heterocycles. The second kappa shape index (κ2) is 13.5. The van der Waals surface area contributed by atoms with Crippen molar-refractivity contribution in [1.29, 1.82) is 0 Å². The lowest BCUT2D eigenvalue weighted by Gasteiger charge is -2.46. The molecule has 0 heterocycles. The SMILES string of the molecule is C=C1C(C=C=C2CCC[C@@]3(C)C2CC[C@@H]3[C@H](C)COC(=O)C(C)(C)C)C[C@@H](O[Si](C)(C)C(C)(C)C)C[C@@H]1O[Si](C)(C)C(C)(C)C. The molecule has 0 bridgehead atoms. The van der Waals surface area contributed by atoms with Crippen LogP contribution < -0.4 is 0 Å². The van der Waals surface area contributed by atoms with Crippen molar-refractivity contribution >= 4 is 22.6 Å². The van der Waals surface area contributed by atoms with Gasteiger partial charge in [-0.05, 0) is 136 Å². The van der Waals surface area contributed by atoms with Gasteiger partial charge in [-0.25, -0.2) is 0 Å².